The average molecular weight is 672 g/mol. The molecule has 0 atom stereocenters. The van der Waals surface area contributed by atoms with E-state index in [-0.39, 0.29) is 25.9 Å². The third-order valence-corrected chi connectivity index (χ3v) is 8.33. The van der Waals surface area contributed by atoms with Gasteiger partial charge in [-0.05, 0) is 72.9 Å². The first-order valence-electron chi connectivity index (χ1n) is 12.4. The van der Waals surface area contributed by atoms with E-state index < -0.39 is 83.4 Å². The van der Waals surface area contributed by atoms with Crippen LogP contribution in [-0.2, 0) is 10.0 Å². The smallest absolute Gasteiger partial charge is 0.309 e. The zero-order valence-electron chi connectivity index (χ0n) is 23.2. The largest absolute Gasteiger partial charge is 0.431 e. The predicted octanol–water partition coefficient (Wildman–Crippen LogP) is 6.36. The molecule has 0 aromatic heterocycles. The van der Waals surface area contributed by atoms with Crippen LogP contribution in [0.4, 0.5) is 61.5 Å². The zero-order valence-corrected chi connectivity index (χ0v) is 24.0. The summed E-state index contributed by atoms with van der Waals surface area (Å²) in [4.78, 5) is 3.40. The molecule has 0 aromatic carbocycles. The number of rotatable bonds is 17. The minimum atomic E-state index is -6.85. The molecule has 0 N–H and O–H groups in total. The van der Waals surface area contributed by atoms with E-state index in [4.69, 9.17) is 0 Å². The number of nitrogens with zero attached hydrogens (tertiary/aromatic N) is 3. The molecule has 0 fully saturated rings. The van der Waals surface area contributed by atoms with E-state index >= 15 is 0 Å². The zero-order chi connectivity index (χ0) is 33.6. The lowest BCUT2D eigenvalue weighted by Gasteiger charge is -2.37. The minimum absolute atomic E-state index is 0.108. The van der Waals surface area contributed by atoms with Gasteiger partial charge in [-0.3, -0.25) is 0 Å². The lowest BCUT2D eigenvalue weighted by Crippen LogP contribution is -2.57. The van der Waals surface area contributed by atoms with Crippen molar-refractivity contribution in [2.45, 2.75) is 74.6 Å². The van der Waals surface area contributed by atoms with Crippen molar-refractivity contribution in [1.82, 2.24) is 14.1 Å². The fraction of sp³-hybridized carbons (Fsp3) is 1.00. The van der Waals surface area contributed by atoms with Crippen molar-refractivity contribution in [2.24, 2.45) is 5.92 Å². The molecule has 0 saturated heterocycles. The summed E-state index contributed by atoms with van der Waals surface area (Å²) in [5.41, 5.74) is -12.6. The predicted molar refractivity (Wildman–Crippen MR) is 126 cm³/mol. The highest BCUT2D eigenvalue weighted by molar-refractivity contribution is 7.89. The van der Waals surface area contributed by atoms with Crippen molar-refractivity contribution in [3.63, 3.8) is 0 Å². The quantitative estimate of drug-likeness (QED) is 0.169. The van der Waals surface area contributed by atoms with E-state index in [9.17, 15) is 69.9 Å². The highest BCUT2D eigenvalue weighted by Crippen LogP contribution is 2.55. The molecule has 0 aliphatic rings. The number of hydrogen-bond acceptors (Lipinski definition) is 4. The highest BCUT2D eigenvalue weighted by Gasteiger charge is 2.75. The topological polar surface area (TPSA) is 43.9 Å². The first-order chi connectivity index (χ1) is 18.5. The summed E-state index contributed by atoms with van der Waals surface area (Å²) in [6.45, 7) is 0.567. The Morgan fingerprint density at radius 1 is 0.524 bits per heavy atom. The van der Waals surface area contributed by atoms with Crippen LogP contribution in [0, 0.1) is 5.92 Å². The Labute approximate surface area is 235 Å². The summed E-state index contributed by atoms with van der Waals surface area (Å²) in [6.07, 6.45) is -35.6. The van der Waals surface area contributed by atoms with Crippen LogP contribution in [0.2, 0.25) is 0 Å². The molecule has 0 aromatic rings. The van der Waals surface area contributed by atoms with Gasteiger partial charge in [-0.15, -0.1) is 0 Å². The molecule has 20 heteroatoms. The number of alkyl halides is 14. The number of hydrogen-bond donors (Lipinski definition) is 0. The Morgan fingerprint density at radius 3 is 1.10 bits per heavy atom. The van der Waals surface area contributed by atoms with Gasteiger partial charge in [-0.25, -0.2) is 21.5 Å². The third-order valence-electron chi connectivity index (χ3n) is 6.37. The van der Waals surface area contributed by atoms with Gasteiger partial charge in [0.05, 0.1) is 5.75 Å². The summed E-state index contributed by atoms with van der Waals surface area (Å²) in [5, 5.41) is 0. The molecule has 0 radical (unpaired) electrons. The average Bonchev–Trinajstić information content (AvgIpc) is 2.74. The molecule has 0 rings (SSSR count). The lowest BCUT2D eigenvalue weighted by molar-refractivity contribution is -0.356. The molecular weight excluding hydrogens is 636 g/mol. The van der Waals surface area contributed by atoms with Gasteiger partial charge < -0.3 is 9.80 Å². The van der Waals surface area contributed by atoms with Crippen molar-refractivity contribution >= 4 is 10.0 Å². The summed E-state index contributed by atoms with van der Waals surface area (Å²) >= 11 is 0. The molecule has 5 nitrogen and oxygen atoms in total. The Kier molecular flexibility index (Phi) is 14.3. The fourth-order valence-corrected chi connectivity index (χ4v) is 5.66. The van der Waals surface area contributed by atoms with Gasteiger partial charge in [-0.1, -0.05) is 0 Å². The first-order valence-corrected chi connectivity index (χ1v) is 14.0. The molecule has 0 aliphatic carbocycles. The van der Waals surface area contributed by atoms with Crippen molar-refractivity contribution in [3.05, 3.63) is 0 Å². The Hall–Kier alpha value is -1.15. The fourth-order valence-electron chi connectivity index (χ4n) is 4.06. The van der Waals surface area contributed by atoms with E-state index in [1.54, 1.807) is 38.0 Å². The van der Waals surface area contributed by atoms with Crippen LogP contribution in [-0.4, -0.2) is 119 Å². The van der Waals surface area contributed by atoms with Crippen LogP contribution in [0.3, 0.4) is 0 Å². The maximum atomic E-state index is 14.4. The molecule has 254 valence electrons. The second-order valence-electron chi connectivity index (χ2n) is 10.5. The van der Waals surface area contributed by atoms with E-state index in [1.807, 2.05) is 0 Å². The van der Waals surface area contributed by atoms with Gasteiger partial charge in [0.2, 0.25) is 10.0 Å². The Balaban J connectivity index is 6.25. The standard InChI is InChI=1S/C22H35F14N3O2S/c1-37(2)9-6-11-39(12-7-10-38(3)4)42(40,41)13-5-8-16(14-17(23,19(25,26)27)20(28,29)30)15-18(24,21(31,32)33)22(34,35)36/h16H,5-15H2,1-4H3. The van der Waals surface area contributed by atoms with Gasteiger partial charge in [0.25, 0.3) is 11.3 Å². The van der Waals surface area contributed by atoms with Gasteiger partial charge in [-0.2, -0.15) is 52.7 Å². The number of halogens is 14. The summed E-state index contributed by atoms with van der Waals surface area (Å²) < 4.78 is 212. The molecule has 0 heterocycles. The molecule has 0 saturated carbocycles. The summed E-state index contributed by atoms with van der Waals surface area (Å²) in [6, 6.07) is 0. The molecular formula is C22H35F14N3O2S. The minimum Gasteiger partial charge on any atom is -0.309 e. The number of sulfonamides is 1. The summed E-state index contributed by atoms with van der Waals surface area (Å²) in [5.74, 6) is -4.31. The van der Waals surface area contributed by atoms with Crippen LogP contribution >= 0.6 is 0 Å². The Bertz CT molecular complexity index is 833. The molecule has 42 heavy (non-hydrogen) atoms. The van der Waals surface area contributed by atoms with Crippen molar-refractivity contribution < 1.29 is 69.9 Å². The second kappa shape index (κ2) is 14.8. The van der Waals surface area contributed by atoms with Crippen LogP contribution in [0.1, 0.15) is 38.5 Å². The molecule has 0 unspecified atom stereocenters. The molecule has 0 spiro atoms. The van der Waals surface area contributed by atoms with Crippen LogP contribution in [0.15, 0.2) is 0 Å². The second-order valence-corrected chi connectivity index (χ2v) is 12.6. The van der Waals surface area contributed by atoms with Gasteiger partial charge in [0.1, 0.15) is 0 Å². The maximum Gasteiger partial charge on any atom is 0.431 e. The van der Waals surface area contributed by atoms with Crippen molar-refractivity contribution in [2.75, 3.05) is 60.1 Å². The van der Waals surface area contributed by atoms with E-state index in [2.05, 4.69) is 0 Å². The van der Waals surface area contributed by atoms with Crippen molar-refractivity contribution in [3.8, 4) is 0 Å². The molecule has 0 aliphatic heterocycles. The maximum absolute atomic E-state index is 14.4. The van der Waals surface area contributed by atoms with E-state index in [1.165, 1.54) is 0 Å². The van der Waals surface area contributed by atoms with Gasteiger partial charge in [0.15, 0.2) is 0 Å². The van der Waals surface area contributed by atoms with Gasteiger partial charge in [0, 0.05) is 25.9 Å². The van der Waals surface area contributed by atoms with Crippen LogP contribution in [0.5, 0.6) is 0 Å². The normalized spacial score (nSPS) is 15.1. The van der Waals surface area contributed by atoms with E-state index in [0.29, 0.717) is 13.1 Å². The lowest BCUT2D eigenvalue weighted by atomic mass is 9.80. The SMILES string of the molecule is CN(C)CCCN(CCCN(C)C)S(=O)(=O)CCCC(CC(F)(C(F)(F)F)C(F)(F)F)CC(F)(C(F)(F)F)C(F)(F)F. The molecule has 0 amide bonds. The highest BCUT2D eigenvalue weighted by atomic mass is 32.2. The Morgan fingerprint density at radius 2 is 0.833 bits per heavy atom. The molecule has 0 bridgehead atoms. The third kappa shape index (κ3) is 11.4. The van der Waals surface area contributed by atoms with Crippen LogP contribution in [0.25, 0.3) is 0 Å². The first kappa shape index (κ1) is 40.9. The van der Waals surface area contributed by atoms with Crippen LogP contribution < -0.4 is 0 Å². The van der Waals surface area contributed by atoms with Gasteiger partial charge >= 0.3 is 24.7 Å². The monoisotopic (exact) mass is 671 g/mol. The van der Waals surface area contributed by atoms with Crippen molar-refractivity contribution in [1.29, 1.82) is 0 Å². The summed E-state index contributed by atoms with van der Waals surface area (Å²) in [7, 11) is 2.29. The van der Waals surface area contributed by atoms with E-state index in [0.717, 1.165) is 4.31 Å².